The number of H-pyrrole nitrogens is 1. The van der Waals surface area contributed by atoms with E-state index in [-0.39, 0.29) is 4.90 Å². The number of sulfone groups is 1. The lowest BCUT2D eigenvalue weighted by atomic mass is 9.95. The van der Waals surface area contributed by atoms with Crippen LogP contribution in [0, 0.1) is 0 Å². The third-order valence-electron chi connectivity index (χ3n) is 5.45. The van der Waals surface area contributed by atoms with E-state index >= 15 is 0 Å². The minimum absolute atomic E-state index is 0.195. The van der Waals surface area contributed by atoms with Crippen LogP contribution in [0.1, 0.15) is 32.1 Å². The van der Waals surface area contributed by atoms with Crippen LogP contribution >= 0.6 is 0 Å². The number of aromatic nitrogens is 3. The summed E-state index contributed by atoms with van der Waals surface area (Å²) < 4.78 is 60.7. The summed E-state index contributed by atoms with van der Waals surface area (Å²) in [5.74, 6) is -1.15. The molecule has 36 heavy (non-hydrogen) atoms. The van der Waals surface area contributed by atoms with Crippen molar-refractivity contribution in [3.63, 3.8) is 0 Å². The van der Waals surface area contributed by atoms with Gasteiger partial charge >= 0.3 is 12.1 Å². The number of benzene rings is 1. The molecule has 1 aliphatic carbocycles. The molecule has 14 heteroatoms. The zero-order chi connectivity index (χ0) is 26.5. The number of fused-ring (bicyclic) bond motifs is 1. The zero-order valence-electron chi connectivity index (χ0n) is 19.5. The van der Waals surface area contributed by atoms with Gasteiger partial charge in [-0.1, -0.05) is 19.3 Å². The normalized spacial score (nSPS) is 14.6. The van der Waals surface area contributed by atoms with E-state index in [1.807, 2.05) is 12.3 Å². The highest BCUT2D eigenvalue weighted by atomic mass is 32.2. The Labute approximate surface area is 205 Å². The van der Waals surface area contributed by atoms with E-state index in [1.54, 1.807) is 6.07 Å². The number of anilines is 3. The zero-order valence-corrected chi connectivity index (χ0v) is 20.3. The molecule has 0 aliphatic heterocycles. The predicted molar refractivity (Wildman–Crippen MR) is 127 cm³/mol. The Bertz CT molecular complexity index is 1320. The fraction of sp³-hybridized carbons (Fsp3) is 0.409. The van der Waals surface area contributed by atoms with E-state index in [2.05, 4.69) is 25.6 Å². The molecule has 0 spiro atoms. The minimum atomic E-state index is -5.08. The van der Waals surface area contributed by atoms with Gasteiger partial charge in [-0.05, 0) is 31.0 Å². The third-order valence-corrected chi connectivity index (χ3v) is 6.56. The molecule has 0 radical (unpaired) electrons. The van der Waals surface area contributed by atoms with Crippen LogP contribution in [-0.4, -0.2) is 60.0 Å². The summed E-state index contributed by atoms with van der Waals surface area (Å²) in [6, 6.07) is 7.06. The molecule has 196 valence electrons. The highest BCUT2D eigenvalue weighted by Crippen LogP contribution is 2.31. The van der Waals surface area contributed by atoms with Crippen molar-refractivity contribution >= 4 is 44.3 Å². The van der Waals surface area contributed by atoms with Crippen molar-refractivity contribution in [2.45, 2.75) is 49.2 Å². The number of methoxy groups -OCH3 is 1. The van der Waals surface area contributed by atoms with Crippen LogP contribution < -0.4 is 15.4 Å². The number of ether oxygens (including phenoxy) is 1. The van der Waals surface area contributed by atoms with Gasteiger partial charge in [-0.2, -0.15) is 23.1 Å². The van der Waals surface area contributed by atoms with Gasteiger partial charge in [0.15, 0.2) is 9.84 Å². The van der Waals surface area contributed by atoms with Gasteiger partial charge in [0.25, 0.3) is 0 Å². The monoisotopic (exact) mass is 529 g/mol. The molecule has 0 bridgehead atoms. The molecule has 2 heterocycles. The van der Waals surface area contributed by atoms with Crippen molar-refractivity contribution in [2.75, 3.05) is 24.0 Å². The Balaban J connectivity index is 0.000000454. The van der Waals surface area contributed by atoms with Gasteiger partial charge in [0.1, 0.15) is 17.2 Å². The number of aromatic amines is 1. The molecule has 4 N–H and O–H groups in total. The number of nitrogens with one attached hydrogen (secondary N) is 3. The van der Waals surface area contributed by atoms with Gasteiger partial charge in [0, 0.05) is 24.6 Å². The average molecular weight is 530 g/mol. The molecule has 0 atom stereocenters. The second-order valence-corrected chi connectivity index (χ2v) is 10.2. The number of carboxylic acid groups (broad SMARTS) is 1. The molecule has 4 rings (SSSR count). The standard InChI is InChI=1S/C20H25N5O3S.C2HF3O2/c1-28-17-12-14(29(2,26)27)8-9-16(17)23-20-24-18-15(10-11-21-18)19(25-20)22-13-6-4-3-5-7-13;3-2(4,5)1(6)7/h8-13H,3-7H2,1-2H3,(H3,21,22,23,24,25);(H,6,7). The molecule has 1 aliphatic rings. The lowest BCUT2D eigenvalue weighted by Crippen LogP contribution is -2.23. The summed E-state index contributed by atoms with van der Waals surface area (Å²) in [5.41, 5.74) is 1.32. The maximum Gasteiger partial charge on any atom is 0.490 e. The first-order chi connectivity index (χ1) is 16.9. The molecule has 0 unspecified atom stereocenters. The number of alkyl halides is 3. The summed E-state index contributed by atoms with van der Waals surface area (Å²) >= 11 is 0. The van der Waals surface area contributed by atoms with Crippen molar-refractivity contribution in [2.24, 2.45) is 0 Å². The van der Waals surface area contributed by atoms with Crippen LogP contribution in [0.4, 0.5) is 30.6 Å². The van der Waals surface area contributed by atoms with Crippen molar-refractivity contribution in [1.82, 2.24) is 15.0 Å². The van der Waals surface area contributed by atoms with Crippen molar-refractivity contribution in [1.29, 1.82) is 0 Å². The van der Waals surface area contributed by atoms with Gasteiger partial charge in [-0.25, -0.2) is 13.2 Å². The van der Waals surface area contributed by atoms with Crippen LogP contribution in [0.15, 0.2) is 35.4 Å². The Morgan fingerprint density at radius 2 is 1.83 bits per heavy atom. The fourth-order valence-corrected chi connectivity index (χ4v) is 4.31. The average Bonchev–Trinajstić information content (AvgIpc) is 3.28. The number of halogens is 3. The Kier molecular flexibility index (Phi) is 8.28. The molecule has 2 aromatic heterocycles. The van der Waals surface area contributed by atoms with Crippen LogP contribution in [0.2, 0.25) is 0 Å². The second-order valence-electron chi connectivity index (χ2n) is 8.18. The Morgan fingerprint density at radius 1 is 1.17 bits per heavy atom. The topological polar surface area (TPSA) is 146 Å². The maximum atomic E-state index is 11.8. The summed E-state index contributed by atoms with van der Waals surface area (Å²) in [7, 11) is -1.83. The first kappa shape index (κ1) is 27.0. The van der Waals surface area contributed by atoms with E-state index in [0.717, 1.165) is 29.7 Å². The lowest BCUT2D eigenvalue weighted by Gasteiger charge is -2.23. The molecular formula is C22H26F3N5O5S. The summed E-state index contributed by atoms with van der Waals surface area (Å²) in [4.78, 5) is 21.5. The van der Waals surface area contributed by atoms with Crippen LogP contribution in [0.5, 0.6) is 5.75 Å². The van der Waals surface area contributed by atoms with Crippen molar-refractivity contribution in [3.05, 3.63) is 30.5 Å². The van der Waals surface area contributed by atoms with Gasteiger partial charge in [-0.3, -0.25) is 0 Å². The number of nitrogens with zero attached hydrogens (tertiary/aromatic N) is 2. The van der Waals surface area contributed by atoms with Crippen LogP contribution in [0.25, 0.3) is 11.0 Å². The Hall–Kier alpha value is -3.55. The number of carbonyl (C=O) groups is 1. The number of rotatable bonds is 6. The SMILES string of the molecule is COc1cc(S(C)(=O)=O)ccc1Nc1nc(NC2CCCCC2)c2cc[nH]c2n1.O=C(O)C(F)(F)F. The van der Waals surface area contributed by atoms with Crippen molar-refractivity contribution < 1.29 is 36.2 Å². The molecule has 0 saturated heterocycles. The summed E-state index contributed by atoms with van der Waals surface area (Å²) in [6.07, 6.45) is 3.95. The van der Waals surface area contributed by atoms with Crippen molar-refractivity contribution in [3.8, 4) is 5.75 Å². The van der Waals surface area contributed by atoms with E-state index in [1.165, 1.54) is 44.8 Å². The van der Waals surface area contributed by atoms with Gasteiger partial charge in [0.05, 0.1) is 23.1 Å². The van der Waals surface area contributed by atoms with Gasteiger partial charge in [-0.15, -0.1) is 0 Å². The molecule has 1 fully saturated rings. The van der Waals surface area contributed by atoms with E-state index in [9.17, 15) is 21.6 Å². The molecule has 1 aromatic carbocycles. The smallest absolute Gasteiger partial charge is 0.490 e. The predicted octanol–water partition coefficient (Wildman–Crippen LogP) is 4.49. The number of hydrogen-bond acceptors (Lipinski definition) is 8. The molecular weight excluding hydrogens is 503 g/mol. The Morgan fingerprint density at radius 3 is 2.42 bits per heavy atom. The third kappa shape index (κ3) is 6.99. The molecule has 1 saturated carbocycles. The number of aliphatic carboxylic acids is 1. The van der Waals surface area contributed by atoms with Gasteiger partial charge in [0.2, 0.25) is 5.95 Å². The maximum absolute atomic E-state index is 11.8. The first-order valence-electron chi connectivity index (χ1n) is 11.0. The first-order valence-corrected chi connectivity index (χ1v) is 12.8. The highest BCUT2D eigenvalue weighted by Gasteiger charge is 2.38. The number of carboxylic acids is 1. The fourth-order valence-electron chi connectivity index (χ4n) is 3.67. The number of hydrogen-bond donors (Lipinski definition) is 4. The van der Waals surface area contributed by atoms with E-state index in [0.29, 0.717) is 23.4 Å². The highest BCUT2D eigenvalue weighted by molar-refractivity contribution is 7.90. The molecule has 0 amide bonds. The quantitative estimate of drug-likeness (QED) is 0.363. The van der Waals surface area contributed by atoms with E-state index < -0.39 is 22.0 Å². The minimum Gasteiger partial charge on any atom is -0.495 e. The largest absolute Gasteiger partial charge is 0.495 e. The second kappa shape index (κ2) is 11.0. The summed E-state index contributed by atoms with van der Waals surface area (Å²) in [5, 5.41) is 14.8. The lowest BCUT2D eigenvalue weighted by molar-refractivity contribution is -0.192. The summed E-state index contributed by atoms with van der Waals surface area (Å²) in [6.45, 7) is 0. The van der Waals surface area contributed by atoms with Crippen LogP contribution in [-0.2, 0) is 14.6 Å². The molecule has 3 aromatic rings. The van der Waals surface area contributed by atoms with E-state index in [4.69, 9.17) is 14.6 Å². The van der Waals surface area contributed by atoms with Crippen LogP contribution in [0.3, 0.4) is 0 Å². The molecule has 10 nitrogen and oxygen atoms in total. The van der Waals surface area contributed by atoms with Gasteiger partial charge < -0.3 is 25.5 Å².